The number of guanidine groups is 1. The Morgan fingerprint density at radius 1 is 1.16 bits per heavy atom. The van der Waals surface area contributed by atoms with Gasteiger partial charge in [0.05, 0.1) is 23.7 Å². The van der Waals surface area contributed by atoms with Crippen molar-refractivity contribution in [2.75, 3.05) is 13.7 Å². The molecule has 0 saturated heterocycles. The number of hydrazine groups is 1. The predicted octanol–water partition coefficient (Wildman–Crippen LogP) is 4.54. The second kappa shape index (κ2) is 9.60. The van der Waals surface area contributed by atoms with E-state index in [1.807, 2.05) is 42.9 Å². The first-order valence-corrected chi connectivity index (χ1v) is 11.0. The van der Waals surface area contributed by atoms with Gasteiger partial charge in [0.1, 0.15) is 5.75 Å². The predicted molar refractivity (Wildman–Crippen MR) is 132 cm³/mol. The van der Waals surface area contributed by atoms with Gasteiger partial charge in [-0.25, -0.2) is 4.99 Å². The molecule has 0 bridgehead atoms. The van der Waals surface area contributed by atoms with Gasteiger partial charge in [0.25, 0.3) is 5.69 Å². The summed E-state index contributed by atoms with van der Waals surface area (Å²) in [5.74, 6) is 1.21. The molecule has 7 nitrogen and oxygen atoms in total. The summed E-state index contributed by atoms with van der Waals surface area (Å²) in [4.78, 5) is 11.3. The van der Waals surface area contributed by atoms with Crippen LogP contribution in [0.3, 0.4) is 0 Å². The molecular formula is C25H31N6O+. The average molecular weight is 432 g/mol. The number of aliphatic imine (C=N–C) groups is 1. The minimum atomic E-state index is 0.395. The minimum Gasteiger partial charge on any atom is -0.497 e. The Balaban J connectivity index is 1.37. The van der Waals surface area contributed by atoms with E-state index in [4.69, 9.17) is 10.5 Å². The Morgan fingerprint density at radius 2 is 2.00 bits per heavy atom. The van der Waals surface area contributed by atoms with Gasteiger partial charge in [-0.05, 0) is 56.0 Å². The molecule has 0 atom stereocenters. The minimum absolute atomic E-state index is 0.395. The molecule has 4 aromatic rings. The molecule has 7 heteroatoms. The van der Waals surface area contributed by atoms with Crippen molar-refractivity contribution >= 4 is 39.7 Å². The molecule has 0 aliphatic carbocycles. The van der Waals surface area contributed by atoms with Gasteiger partial charge in [-0.3, -0.25) is 0 Å². The Kier molecular flexibility index (Phi) is 6.44. The topological polar surface area (TPSA) is 94.2 Å². The number of hydrogen-bond acceptors (Lipinski definition) is 2. The zero-order valence-corrected chi connectivity index (χ0v) is 18.9. The molecule has 0 fully saturated rings. The van der Waals surface area contributed by atoms with Crippen molar-refractivity contribution in [2.45, 2.75) is 33.1 Å². The number of para-hydroxylation sites is 1. The van der Waals surface area contributed by atoms with E-state index in [0.717, 1.165) is 47.3 Å². The number of aromatic nitrogens is 2. The van der Waals surface area contributed by atoms with Gasteiger partial charge in [0, 0.05) is 30.6 Å². The molecule has 32 heavy (non-hydrogen) atoms. The molecule has 0 saturated carbocycles. The van der Waals surface area contributed by atoms with E-state index < -0.39 is 0 Å². The number of aromatic amines is 2. The lowest BCUT2D eigenvalue weighted by Crippen LogP contribution is -2.38. The number of aryl methyl sites for hydroxylation is 2. The van der Waals surface area contributed by atoms with Crippen LogP contribution in [0.5, 0.6) is 5.75 Å². The van der Waals surface area contributed by atoms with Crippen molar-refractivity contribution in [2.24, 2.45) is 10.7 Å². The molecule has 0 amide bonds. The molecule has 5 N–H and O–H groups in total. The molecule has 4 rings (SSSR count). The van der Waals surface area contributed by atoms with Gasteiger partial charge >= 0.3 is 0 Å². The van der Waals surface area contributed by atoms with Crippen molar-refractivity contribution in [3.63, 3.8) is 0 Å². The number of nitrogens with zero attached hydrogens (tertiary/aromatic N) is 2. The standard InChI is InChI=1S/C25H31N6O/c1-4-31(24-17(2)29-23-13-12-19(32-3)15-21(23)24)30-25(26)27-14-8-7-9-18-16-28-22-11-6-5-10-20(18)22/h4-6,10-13,15-16,28-29H,7-9,14H2,1-3H3,(H3,26,27,30)/q+1. The number of hydrogen-bond donors (Lipinski definition) is 4. The Morgan fingerprint density at radius 3 is 2.81 bits per heavy atom. The third-order valence-corrected chi connectivity index (χ3v) is 5.70. The van der Waals surface area contributed by atoms with Gasteiger partial charge in [-0.15, -0.1) is 5.43 Å². The summed E-state index contributed by atoms with van der Waals surface area (Å²) in [7, 11) is 1.67. The first-order valence-electron chi connectivity index (χ1n) is 11.0. The van der Waals surface area contributed by atoms with Gasteiger partial charge in [-0.1, -0.05) is 22.9 Å². The van der Waals surface area contributed by atoms with Crippen LogP contribution >= 0.6 is 0 Å². The summed E-state index contributed by atoms with van der Waals surface area (Å²) in [6, 6.07) is 14.4. The maximum absolute atomic E-state index is 6.20. The molecule has 0 spiro atoms. The number of H-pyrrole nitrogens is 2. The van der Waals surface area contributed by atoms with Crippen LogP contribution in [0.1, 0.15) is 31.0 Å². The third-order valence-electron chi connectivity index (χ3n) is 5.70. The molecule has 166 valence electrons. The first kappa shape index (κ1) is 21.5. The number of methoxy groups -OCH3 is 1. The summed E-state index contributed by atoms with van der Waals surface area (Å²) < 4.78 is 7.30. The Labute approximate surface area is 188 Å². The molecule has 0 aliphatic rings. The smallest absolute Gasteiger partial charge is 0.263 e. The number of rotatable bonds is 8. The molecule has 2 aromatic heterocycles. The fourth-order valence-corrected chi connectivity index (χ4v) is 4.10. The van der Waals surface area contributed by atoms with Crippen molar-refractivity contribution in [3.8, 4) is 5.75 Å². The second-order valence-electron chi connectivity index (χ2n) is 7.83. The number of fused-ring (bicyclic) bond motifs is 2. The monoisotopic (exact) mass is 431 g/mol. The van der Waals surface area contributed by atoms with E-state index in [9.17, 15) is 0 Å². The summed E-state index contributed by atoms with van der Waals surface area (Å²) >= 11 is 0. The van der Waals surface area contributed by atoms with Crippen molar-refractivity contribution < 1.29 is 9.42 Å². The second-order valence-corrected chi connectivity index (χ2v) is 7.83. The van der Waals surface area contributed by atoms with Crippen LogP contribution in [0.15, 0.2) is 53.7 Å². The van der Waals surface area contributed by atoms with Crippen molar-refractivity contribution in [1.82, 2.24) is 15.4 Å². The average Bonchev–Trinajstić information content (AvgIpc) is 3.37. The van der Waals surface area contributed by atoms with Crippen LogP contribution in [-0.4, -0.2) is 40.5 Å². The zero-order chi connectivity index (χ0) is 22.5. The quantitative estimate of drug-likeness (QED) is 0.108. The van der Waals surface area contributed by atoms with Crippen LogP contribution in [0, 0.1) is 6.92 Å². The van der Waals surface area contributed by atoms with Crippen molar-refractivity contribution in [3.05, 3.63) is 59.9 Å². The number of benzene rings is 2. The summed E-state index contributed by atoms with van der Waals surface area (Å²) in [6.45, 7) is 4.68. The number of hydrazone groups is 1. The summed E-state index contributed by atoms with van der Waals surface area (Å²) in [5.41, 5.74) is 15.0. The highest BCUT2D eigenvalue weighted by Gasteiger charge is 2.21. The van der Waals surface area contributed by atoms with Crippen molar-refractivity contribution in [1.29, 1.82) is 0 Å². The number of nitrogens with one attached hydrogen (secondary N) is 3. The normalized spacial score (nSPS) is 12.6. The molecule has 2 heterocycles. The number of unbranched alkanes of at least 4 members (excludes halogenated alkanes) is 1. The molecule has 0 unspecified atom stereocenters. The number of ether oxygens (including phenoxy) is 1. The molecule has 2 aromatic carbocycles. The van der Waals surface area contributed by atoms with E-state index >= 15 is 0 Å². The highest BCUT2D eigenvalue weighted by Crippen LogP contribution is 2.31. The fraction of sp³-hybridized carbons (Fsp3) is 0.280. The summed E-state index contributed by atoms with van der Waals surface area (Å²) in [5, 5.41) is 2.36. The maximum atomic E-state index is 6.20. The van der Waals surface area contributed by atoms with Crippen LogP contribution < -0.4 is 15.9 Å². The third kappa shape index (κ3) is 4.46. The van der Waals surface area contributed by atoms with E-state index in [1.54, 1.807) is 7.11 Å². The van der Waals surface area contributed by atoms with Gasteiger partial charge in [0.2, 0.25) is 5.96 Å². The van der Waals surface area contributed by atoms with Crippen LogP contribution in [0.2, 0.25) is 0 Å². The fourth-order valence-electron chi connectivity index (χ4n) is 4.10. The highest BCUT2D eigenvalue weighted by molar-refractivity contribution is 5.92. The Hall–Kier alpha value is -3.74. The van der Waals surface area contributed by atoms with Gasteiger partial charge in [0.15, 0.2) is 6.21 Å². The van der Waals surface area contributed by atoms with Gasteiger partial charge in [-0.2, -0.15) is 0 Å². The lowest BCUT2D eigenvalue weighted by atomic mass is 10.1. The van der Waals surface area contributed by atoms with Gasteiger partial charge < -0.3 is 20.4 Å². The first-order chi connectivity index (χ1) is 15.6. The van der Waals surface area contributed by atoms with Crippen LogP contribution in [0.4, 0.5) is 5.69 Å². The zero-order valence-electron chi connectivity index (χ0n) is 18.9. The number of nitrogens with two attached hydrogens (primary N) is 1. The van der Waals surface area contributed by atoms with E-state index in [1.165, 1.54) is 16.5 Å². The lowest BCUT2D eigenvalue weighted by Gasteiger charge is -2.05. The molecule has 0 aliphatic heterocycles. The molecular weight excluding hydrogens is 400 g/mol. The lowest BCUT2D eigenvalue weighted by molar-refractivity contribution is -0.482. The Bertz CT molecular complexity index is 1280. The SMILES string of the molecule is CC=[N+](NC(N)=NCCCCc1c[nH]c2ccccc12)c1c(C)[nH]c2ccc(OC)cc12. The summed E-state index contributed by atoms with van der Waals surface area (Å²) in [6.07, 6.45) is 7.11. The van der Waals surface area contributed by atoms with E-state index in [0.29, 0.717) is 12.5 Å². The van der Waals surface area contributed by atoms with E-state index in [2.05, 4.69) is 50.8 Å². The molecule has 0 radical (unpaired) electrons. The largest absolute Gasteiger partial charge is 0.497 e. The highest BCUT2D eigenvalue weighted by atomic mass is 16.5. The maximum Gasteiger partial charge on any atom is 0.263 e. The van der Waals surface area contributed by atoms with Crippen LogP contribution in [0.25, 0.3) is 21.8 Å². The van der Waals surface area contributed by atoms with Crippen LogP contribution in [-0.2, 0) is 6.42 Å². The van der Waals surface area contributed by atoms with E-state index in [-0.39, 0.29) is 0 Å².